The van der Waals surface area contributed by atoms with E-state index in [-0.39, 0.29) is 17.7 Å². The Bertz CT molecular complexity index is 1120. The third-order valence-corrected chi connectivity index (χ3v) is 4.52. The Morgan fingerprint density at radius 2 is 1.53 bits per heavy atom. The van der Waals surface area contributed by atoms with Crippen LogP contribution in [0.3, 0.4) is 0 Å². The molecule has 32 heavy (non-hydrogen) atoms. The smallest absolute Gasteiger partial charge is 0.270 e. The molecular weight excluding hydrogens is 430 g/mol. The molecule has 1 atom stereocenters. The Morgan fingerprint density at radius 3 is 2.12 bits per heavy atom. The molecule has 0 aliphatic heterocycles. The zero-order chi connectivity index (χ0) is 23.3. The number of hydrogen-bond donors (Lipinski definition) is 4. The van der Waals surface area contributed by atoms with Crippen LogP contribution in [-0.4, -0.2) is 23.6 Å². The van der Waals surface area contributed by atoms with Crippen LogP contribution >= 0.6 is 0 Å². The standard InChI is InChI=1S/C22H17F4N3O3/c23-15-2-1-3-16(10-15)27-11-19(30)28-21(22(31)29-32)13-6-4-12(5-7-13)14-8-17(24)20(26)18(25)9-14/h1-10,21,27,32H,11H2,(H,28,30)(H,29,31). The van der Waals surface area contributed by atoms with E-state index in [9.17, 15) is 27.2 Å². The maximum Gasteiger partial charge on any atom is 0.270 e. The van der Waals surface area contributed by atoms with Gasteiger partial charge in [0.2, 0.25) is 5.91 Å². The van der Waals surface area contributed by atoms with Crippen LogP contribution in [0.15, 0.2) is 60.7 Å². The van der Waals surface area contributed by atoms with E-state index in [4.69, 9.17) is 5.21 Å². The maximum absolute atomic E-state index is 13.5. The minimum Gasteiger partial charge on any atom is -0.376 e. The highest BCUT2D eigenvalue weighted by Crippen LogP contribution is 2.25. The lowest BCUT2D eigenvalue weighted by molar-refractivity contribution is -0.134. The maximum atomic E-state index is 13.5. The lowest BCUT2D eigenvalue weighted by Crippen LogP contribution is -2.41. The first-order chi connectivity index (χ1) is 15.3. The van der Waals surface area contributed by atoms with Crippen molar-refractivity contribution < 1.29 is 32.4 Å². The van der Waals surface area contributed by atoms with E-state index in [0.29, 0.717) is 11.3 Å². The van der Waals surface area contributed by atoms with Gasteiger partial charge in [0.25, 0.3) is 5.91 Å². The zero-order valence-corrected chi connectivity index (χ0v) is 16.3. The fourth-order valence-electron chi connectivity index (χ4n) is 2.95. The number of rotatable bonds is 7. The van der Waals surface area contributed by atoms with Crippen molar-refractivity contribution in [1.82, 2.24) is 10.8 Å². The normalized spacial score (nSPS) is 11.5. The summed E-state index contributed by atoms with van der Waals surface area (Å²) in [6.45, 7) is -0.287. The van der Waals surface area contributed by atoms with E-state index in [1.807, 2.05) is 0 Å². The van der Waals surface area contributed by atoms with Crippen LogP contribution in [0, 0.1) is 23.3 Å². The highest BCUT2D eigenvalue weighted by molar-refractivity contribution is 5.89. The monoisotopic (exact) mass is 447 g/mol. The second kappa shape index (κ2) is 9.92. The third kappa shape index (κ3) is 5.41. The van der Waals surface area contributed by atoms with Crippen molar-refractivity contribution in [3.63, 3.8) is 0 Å². The highest BCUT2D eigenvalue weighted by Gasteiger charge is 2.22. The molecule has 0 aliphatic carbocycles. The predicted molar refractivity (Wildman–Crippen MR) is 107 cm³/mol. The summed E-state index contributed by atoms with van der Waals surface area (Å²) in [6, 6.07) is 11.4. The van der Waals surface area contributed by atoms with Crippen molar-refractivity contribution in [2.24, 2.45) is 0 Å². The largest absolute Gasteiger partial charge is 0.376 e. The zero-order valence-electron chi connectivity index (χ0n) is 16.3. The average molecular weight is 447 g/mol. The first kappa shape index (κ1) is 22.8. The van der Waals surface area contributed by atoms with Crippen LogP contribution in [0.2, 0.25) is 0 Å². The van der Waals surface area contributed by atoms with Crippen molar-refractivity contribution >= 4 is 17.5 Å². The van der Waals surface area contributed by atoms with Crippen molar-refractivity contribution in [3.05, 3.63) is 89.5 Å². The predicted octanol–water partition coefficient (Wildman–Crippen LogP) is 3.68. The van der Waals surface area contributed by atoms with Crippen molar-refractivity contribution in [2.45, 2.75) is 6.04 Å². The Kier molecular flexibility index (Phi) is 7.06. The van der Waals surface area contributed by atoms with E-state index in [2.05, 4.69) is 10.6 Å². The summed E-state index contributed by atoms with van der Waals surface area (Å²) in [5, 5.41) is 14.1. The minimum atomic E-state index is -1.58. The van der Waals surface area contributed by atoms with Crippen LogP contribution in [0.4, 0.5) is 23.2 Å². The number of hydroxylamine groups is 1. The van der Waals surface area contributed by atoms with Gasteiger partial charge in [-0.25, -0.2) is 23.0 Å². The molecule has 1 unspecified atom stereocenters. The molecule has 166 valence electrons. The molecule has 0 radical (unpaired) electrons. The lowest BCUT2D eigenvalue weighted by atomic mass is 10.00. The molecule has 4 N–H and O–H groups in total. The number of carbonyl (C=O) groups excluding carboxylic acids is 2. The van der Waals surface area contributed by atoms with Crippen LogP contribution < -0.4 is 16.1 Å². The van der Waals surface area contributed by atoms with Gasteiger partial charge in [-0.1, -0.05) is 30.3 Å². The summed E-state index contributed by atoms with van der Waals surface area (Å²) in [6.07, 6.45) is 0. The molecule has 0 spiro atoms. The minimum absolute atomic E-state index is 0.0689. The summed E-state index contributed by atoms with van der Waals surface area (Å²) in [7, 11) is 0. The van der Waals surface area contributed by atoms with Gasteiger partial charge >= 0.3 is 0 Å². The number of carbonyl (C=O) groups is 2. The van der Waals surface area contributed by atoms with Gasteiger partial charge in [-0.15, -0.1) is 0 Å². The van der Waals surface area contributed by atoms with E-state index in [0.717, 1.165) is 12.1 Å². The van der Waals surface area contributed by atoms with Gasteiger partial charge in [-0.3, -0.25) is 14.8 Å². The Balaban J connectivity index is 1.74. The van der Waals surface area contributed by atoms with Crippen LogP contribution in [0.25, 0.3) is 11.1 Å². The topological polar surface area (TPSA) is 90.5 Å². The SMILES string of the molecule is O=C(CNc1cccc(F)c1)NC(C(=O)NO)c1ccc(-c2cc(F)c(F)c(F)c2)cc1. The van der Waals surface area contributed by atoms with E-state index < -0.39 is 41.1 Å². The number of hydrogen-bond acceptors (Lipinski definition) is 4. The Hall–Kier alpha value is -3.92. The second-order valence-corrected chi connectivity index (χ2v) is 6.72. The molecule has 10 heteroatoms. The average Bonchev–Trinajstić information content (AvgIpc) is 2.79. The van der Waals surface area contributed by atoms with Crippen molar-refractivity contribution in [2.75, 3.05) is 11.9 Å². The Morgan fingerprint density at radius 1 is 0.875 bits per heavy atom. The van der Waals surface area contributed by atoms with Gasteiger partial charge in [-0.2, -0.15) is 0 Å². The number of nitrogens with one attached hydrogen (secondary N) is 3. The molecule has 0 bridgehead atoms. The summed E-state index contributed by atoms with van der Waals surface area (Å²) >= 11 is 0. The molecule has 0 aliphatic rings. The molecule has 0 saturated carbocycles. The van der Waals surface area contributed by atoms with E-state index in [1.54, 1.807) is 6.07 Å². The Labute approximate surface area is 179 Å². The second-order valence-electron chi connectivity index (χ2n) is 6.72. The van der Waals surface area contributed by atoms with Gasteiger partial charge in [0, 0.05) is 5.69 Å². The summed E-state index contributed by atoms with van der Waals surface area (Å²) in [5.41, 5.74) is 2.46. The molecular formula is C22H17F4N3O3. The molecule has 3 rings (SSSR count). The molecule has 6 nitrogen and oxygen atoms in total. The van der Waals surface area contributed by atoms with Crippen LogP contribution in [0.1, 0.15) is 11.6 Å². The number of benzene rings is 3. The number of halogens is 4. The van der Waals surface area contributed by atoms with Gasteiger partial charge in [0.05, 0.1) is 6.54 Å². The van der Waals surface area contributed by atoms with Gasteiger partial charge < -0.3 is 10.6 Å². The van der Waals surface area contributed by atoms with Gasteiger partial charge in [0.1, 0.15) is 11.9 Å². The van der Waals surface area contributed by atoms with Gasteiger partial charge in [-0.05, 0) is 47.0 Å². The molecule has 0 aromatic heterocycles. The van der Waals surface area contributed by atoms with Crippen molar-refractivity contribution in [1.29, 1.82) is 0 Å². The highest BCUT2D eigenvalue weighted by atomic mass is 19.2. The van der Waals surface area contributed by atoms with Crippen LogP contribution in [0.5, 0.6) is 0 Å². The third-order valence-electron chi connectivity index (χ3n) is 4.52. The first-order valence-corrected chi connectivity index (χ1v) is 9.26. The van der Waals surface area contributed by atoms with Gasteiger partial charge in [0.15, 0.2) is 17.5 Å². The van der Waals surface area contributed by atoms with E-state index in [1.165, 1.54) is 47.9 Å². The first-order valence-electron chi connectivity index (χ1n) is 9.26. The van der Waals surface area contributed by atoms with Crippen molar-refractivity contribution in [3.8, 4) is 11.1 Å². The summed E-state index contributed by atoms with van der Waals surface area (Å²) in [5.74, 6) is -6.33. The number of anilines is 1. The van der Waals surface area contributed by atoms with Crippen LogP contribution in [-0.2, 0) is 9.59 Å². The quantitative estimate of drug-likeness (QED) is 0.193. The summed E-state index contributed by atoms with van der Waals surface area (Å²) < 4.78 is 53.3. The molecule has 0 saturated heterocycles. The molecule has 3 aromatic carbocycles. The molecule has 2 amide bonds. The molecule has 0 heterocycles. The lowest BCUT2D eigenvalue weighted by Gasteiger charge is -2.18. The molecule has 3 aromatic rings. The molecule has 0 fully saturated rings. The fraction of sp³-hybridized carbons (Fsp3) is 0.0909. The number of amides is 2. The fourth-order valence-corrected chi connectivity index (χ4v) is 2.95. The summed E-state index contributed by atoms with van der Waals surface area (Å²) in [4.78, 5) is 24.3. The van der Waals surface area contributed by atoms with E-state index >= 15 is 0 Å².